The van der Waals surface area contributed by atoms with Gasteiger partial charge in [-0.15, -0.1) is 0 Å². The topological polar surface area (TPSA) is 20.3 Å². The van der Waals surface area contributed by atoms with Crippen molar-refractivity contribution in [3.8, 4) is 0 Å². The molecule has 0 aromatic heterocycles. The van der Waals surface area contributed by atoms with Crippen LogP contribution in [0.2, 0.25) is 0 Å². The smallest absolute Gasteiger partial charge is 0.257 e. The van der Waals surface area contributed by atoms with Crippen LogP contribution in [0.5, 0.6) is 0 Å². The van der Waals surface area contributed by atoms with Crippen LogP contribution in [0.15, 0.2) is 12.1 Å². The van der Waals surface area contributed by atoms with E-state index in [0.717, 1.165) is 25.3 Å². The molecular weight excluding hydrogens is 236 g/mol. The summed E-state index contributed by atoms with van der Waals surface area (Å²) in [6, 6.07) is 2.61. The van der Waals surface area contributed by atoms with Gasteiger partial charge in [-0.1, -0.05) is 0 Å². The average molecular weight is 253 g/mol. The molecule has 1 fully saturated rings. The van der Waals surface area contributed by atoms with E-state index in [1.165, 1.54) is 6.07 Å². The monoisotopic (exact) mass is 253 g/mol. The molecule has 4 heteroatoms. The first-order valence-electron chi connectivity index (χ1n) is 6.27. The van der Waals surface area contributed by atoms with Gasteiger partial charge in [0.15, 0.2) is 11.6 Å². The maximum Gasteiger partial charge on any atom is 0.257 e. The zero-order chi connectivity index (χ0) is 13.3. The minimum Gasteiger partial charge on any atom is -0.336 e. The lowest BCUT2D eigenvalue weighted by Gasteiger charge is -2.33. The van der Waals surface area contributed by atoms with Crippen LogP contribution in [0.25, 0.3) is 0 Å². The molecule has 2 rings (SSSR count). The van der Waals surface area contributed by atoms with Gasteiger partial charge >= 0.3 is 0 Å². The Morgan fingerprint density at radius 3 is 2.72 bits per heavy atom. The summed E-state index contributed by atoms with van der Waals surface area (Å²) in [7, 11) is 0. The van der Waals surface area contributed by atoms with E-state index in [4.69, 9.17) is 0 Å². The Morgan fingerprint density at radius 1 is 1.33 bits per heavy atom. The normalized spacial score (nSPS) is 20.0. The van der Waals surface area contributed by atoms with Gasteiger partial charge in [0.25, 0.3) is 5.91 Å². The van der Waals surface area contributed by atoms with Crippen LogP contribution in [0.4, 0.5) is 8.78 Å². The average Bonchev–Trinajstić information content (AvgIpc) is 2.33. The summed E-state index contributed by atoms with van der Waals surface area (Å²) in [4.78, 5) is 13.9. The lowest BCUT2D eigenvalue weighted by atomic mass is 10.0. The number of likely N-dealkylation sites (tertiary alicyclic amines) is 1. The van der Waals surface area contributed by atoms with Crippen LogP contribution in [-0.2, 0) is 0 Å². The lowest BCUT2D eigenvalue weighted by Crippen LogP contribution is -2.42. The summed E-state index contributed by atoms with van der Waals surface area (Å²) in [5.74, 6) is -2.39. The van der Waals surface area contributed by atoms with Gasteiger partial charge in [0, 0.05) is 12.6 Å². The van der Waals surface area contributed by atoms with Crippen molar-refractivity contribution >= 4 is 5.91 Å². The van der Waals surface area contributed by atoms with Gasteiger partial charge in [-0.05, 0) is 50.8 Å². The zero-order valence-corrected chi connectivity index (χ0v) is 10.7. The molecule has 2 nitrogen and oxygen atoms in total. The Labute approximate surface area is 106 Å². The molecule has 0 radical (unpaired) electrons. The Balaban J connectivity index is 2.33. The number of hydrogen-bond acceptors (Lipinski definition) is 1. The molecule has 1 amide bonds. The third-order valence-electron chi connectivity index (χ3n) is 3.47. The minimum atomic E-state index is -1.04. The summed E-state index contributed by atoms with van der Waals surface area (Å²) >= 11 is 0. The quantitative estimate of drug-likeness (QED) is 0.752. The molecule has 1 heterocycles. The fourth-order valence-electron chi connectivity index (χ4n) is 2.43. The highest BCUT2D eigenvalue weighted by Gasteiger charge is 2.27. The molecule has 98 valence electrons. The van der Waals surface area contributed by atoms with Crippen molar-refractivity contribution in [1.82, 2.24) is 4.90 Å². The highest BCUT2D eigenvalue weighted by Crippen LogP contribution is 2.22. The number of rotatable bonds is 1. The first-order valence-corrected chi connectivity index (χ1v) is 6.27. The van der Waals surface area contributed by atoms with Gasteiger partial charge in [-0.25, -0.2) is 8.78 Å². The second kappa shape index (κ2) is 5.04. The molecule has 0 aliphatic carbocycles. The van der Waals surface area contributed by atoms with Crippen LogP contribution in [0.1, 0.15) is 42.1 Å². The molecule has 1 atom stereocenters. The largest absolute Gasteiger partial charge is 0.336 e. The van der Waals surface area contributed by atoms with Crippen molar-refractivity contribution < 1.29 is 13.6 Å². The molecule has 0 spiro atoms. The summed E-state index contributed by atoms with van der Waals surface area (Å²) in [6.07, 6.45) is 2.92. The summed E-state index contributed by atoms with van der Waals surface area (Å²) < 4.78 is 27.0. The maximum atomic E-state index is 13.7. The number of halogens is 2. The van der Waals surface area contributed by atoms with Gasteiger partial charge < -0.3 is 4.90 Å². The van der Waals surface area contributed by atoms with E-state index in [1.807, 2.05) is 6.92 Å². The number of carbonyl (C=O) groups is 1. The highest BCUT2D eigenvalue weighted by atomic mass is 19.2. The Bertz CT molecular complexity index is 473. The second-order valence-corrected chi connectivity index (χ2v) is 4.95. The number of nitrogens with zero attached hydrogens (tertiary/aromatic N) is 1. The molecule has 18 heavy (non-hydrogen) atoms. The third kappa shape index (κ3) is 2.37. The third-order valence-corrected chi connectivity index (χ3v) is 3.47. The van der Waals surface area contributed by atoms with E-state index in [2.05, 4.69) is 0 Å². The van der Waals surface area contributed by atoms with Crippen LogP contribution < -0.4 is 0 Å². The van der Waals surface area contributed by atoms with Crippen molar-refractivity contribution in [3.63, 3.8) is 0 Å². The predicted molar refractivity (Wildman–Crippen MR) is 65.4 cm³/mol. The van der Waals surface area contributed by atoms with E-state index in [1.54, 1.807) is 11.8 Å². The second-order valence-electron chi connectivity index (χ2n) is 4.95. The van der Waals surface area contributed by atoms with Crippen molar-refractivity contribution in [2.45, 2.75) is 39.2 Å². The van der Waals surface area contributed by atoms with Crippen LogP contribution >= 0.6 is 0 Å². The van der Waals surface area contributed by atoms with Crippen molar-refractivity contribution in [2.24, 2.45) is 0 Å². The van der Waals surface area contributed by atoms with Crippen molar-refractivity contribution in [3.05, 3.63) is 34.9 Å². The summed E-state index contributed by atoms with van der Waals surface area (Å²) in [5, 5.41) is 0. The van der Waals surface area contributed by atoms with Crippen LogP contribution in [0.3, 0.4) is 0 Å². The van der Waals surface area contributed by atoms with Crippen molar-refractivity contribution in [2.75, 3.05) is 6.54 Å². The lowest BCUT2D eigenvalue weighted by molar-refractivity contribution is 0.0629. The maximum absolute atomic E-state index is 13.7. The Hall–Kier alpha value is -1.45. The highest BCUT2D eigenvalue weighted by molar-refractivity contribution is 5.95. The Kier molecular flexibility index (Phi) is 3.64. The molecule has 0 N–H and O–H groups in total. The molecule has 1 saturated heterocycles. The van der Waals surface area contributed by atoms with E-state index in [-0.39, 0.29) is 11.6 Å². The number of hydrogen-bond donors (Lipinski definition) is 0. The number of carbonyl (C=O) groups excluding carboxylic acids is 1. The fraction of sp³-hybridized carbons (Fsp3) is 0.500. The first kappa shape index (κ1) is 13.0. The summed E-state index contributed by atoms with van der Waals surface area (Å²) in [6.45, 7) is 4.22. The molecule has 0 bridgehead atoms. The summed E-state index contributed by atoms with van der Waals surface area (Å²) in [5.41, 5.74) is 0.406. The van der Waals surface area contributed by atoms with E-state index >= 15 is 0 Å². The number of benzene rings is 1. The van der Waals surface area contributed by atoms with Crippen molar-refractivity contribution in [1.29, 1.82) is 0 Å². The fourth-order valence-corrected chi connectivity index (χ4v) is 2.43. The van der Waals surface area contributed by atoms with Gasteiger partial charge in [0.05, 0.1) is 5.56 Å². The zero-order valence-electron chi connectivity index (χ0n) is 10.7. The minimum absolute atomic E-state index is 0.0919. The van der Waals surface area contributed by atoms with Crippen LogP contribution in [-0.4, -0.2) is 23.4 Å². The number of aryl methyl sites for hydroxylation is 1. The molecule has 1 aromatic rings. The number of piperidine rings is 1. The molecule has 0 saturated carbocycles. The van der Waals surface area contributed by atoms with Gasteiger partial charge in [0.1, 0.15) is 0 Å². The van der Waals surface area contributed by atoms with E-state index in [9.17, 15) is 13.6 Å². The van der Waals surface area contributed by atoms with E-state index in [0.29, 0.717) is 12.1 Å². The molecule has 0 unspecified atom stereocenters. The SMILES string of the molecule is Cc1cc(F)c(F)c(C(=O)N2CCCC[C@@H]2C)c1. The molecule has 1 aliphatic heterocycles. The molecule has 1 aromatic carbocycles. The van der Waals surface area contributed by atoms with Gasteiger partial charge in [-0.3, -0.25) is 4.79 Å². The Morgan fingerprint density at radius 2 is 2.06 bits per heavy atom. The van der Waals surface area contributed by atoms with Crippen LogP contribution in [0, 0.1) is 18.6 Å². The first-order chi connectivity index (χ1) is 8.50. The van der Waals surface area contributed by atoms with Gasteiger partial charge in [0.2, 0.25) is 0 Å². The standard InChI is InChI=1S/C14H17F2NO/c1-9-7-11(13(16)12(15)8-9)14(18)17-6-4-3-5-10(17)2/h7-8,10H,3-6H2,1-2H3/t10-/m0/s1. The predicted octanol–water partition coefficient (Wildman–Crippen LogP) is 3.29. The molecular formula is C14H17F2NO. The van der Waals surface area contributed by atoms with Gasteiger partial charge in [-0.2, -0.15) is 0 Å². The number of amides is 1. The van der Waals surface area contributed by atoms with E-state index < -0.39 is 17.5 Å². The molecule has 1 aliphatic rings.